The number of hydrogen-bond donors (Lipinski definition) is 1. The summed E-state index contributed by atoms with van der Waals surface area (Å²) in [6, 6.07) is 17.6. The third kappa shape index (κ3) is 3.52. The first-order valence-electron chi connectivity index (χ1n) is 7.06. The van der Waals surface area contributed by atoms with Crippen molar-refractivity contribution in [3.8, 4) is 17.2 Å². The fourth-order valence-corrected chi connectivity index (χ4v) is 2.12. The Morgan fingerprint density at radius 3 is 2.15 bits per heavy atom. The summed E-state index contributed by atoms with van der Waals surface area (Å²) in [7, 11) is 0. The summed E-state index contributed by atoms with van der Waals surface area (Å²) in [5.41, 5.74) is 0. The molecule has 1 aliphatic heterocycles. The van der Waals surface area contributed by atoms with Crippen molar-refractivity contribution in [2.75, 3.05) is 19.7 Å². The van der Waals surface area contributed by atoms with Gasteiger partial charge in [-0.25, -0.2) is 0 Å². The van der Waals surface area contributed by atoms with Gasteiger partial charge in [0.25, 0.3) is 0 Å². The highest BCUT2D eigenvalue weighted by molar-refractivity contribution is 5.35. The SMILES string of the molecule is c1ccc(Oc2ccc(OCCC3CNC3)cc2)cc1. The molecule has 0 bridgehead atoms. The molecule has 3 heteroatoms. The smallest absolute Gasteiger partial charge is 0.127 e. The third-order valence-corrected chi connectivity index (χ3v) is 3.46. The van der Waals surface area contributed by atoms with Gasteiger partial charge in [0, 0.05) is 0 Å². The maximum Gasteiger partial charge on any atom is 0.127 e. The molecule has 1 N–H and O–H groups in total. The predicted octanol–water partition coefficient (Wildman–Crippen LogP) is 3.47. The van der Waals surface area contributed by atoms with Gasteiger partial charge in [-0.05, 0) is 61.8 Å². The fraction of sp³-hybridized carbons (Fsp3) is 0.294. The van der Waals surface area contributed by atoms with Gasteiger partial charge in [0.2, 0.25) is 0 Å². The maximum atomic E-state index is 5.74. The minimum absolute atomic E-state index is 0.783. The van der Waals surface area contributed by atoms with Crippen molar-refractivity contribution >= 4 is 0 Å². The van der Waals surface area contributed by atoms with E-state index < -0.39 is 0 Å². The standard InChI is InChI=1S/C17H19NO2/c1-2-4-16(5-3-1)20-17-8-6-15(7-9-17)19-11-10-14-12-18-13-14/h1-9,14,18H,10-13H2. The van der Waals surface area contributed by atoms with E-state index in [1.165, 1.54) is 0 Å². The van der Waals surface area contributed by atoms with Gasteiger partial charge >= 0.3 is 0 Å². The van der Waals surface area contributed by atoms with Crippen LogP contribution in [0, 0.1) is 5.92 Å². The molecule has 0 spiro atoms. The molecule has 1 heterocycles. The van der Waals surface area contributed by atoms with E-state index in [1.54, 1.807) is 0 Å². The van der Waals surface area contributed by atoms with E-state index in [-0.39, 0.29) is 0 Å². The van der Waals surface area contributed by atoms with Crippen LogP contribution in [-0.4, -0.2) is 19.7 Å². The quantitative estimate of drug-likeness (QED) is 0.871. The second-order valence-electron chi connectivity index (χ2n) is 5.05. The number of benzene rings is 2. The van der Waals surface area contributed by atoms with Gasteiger partial charge in [0.15, 0.2) is 0 Å². The minimum atomic E-state index is 0.783. The van der Waals surface area contributed by atoms with Crippen LogP contribution in [0.2, 0.25) is 0 Å². The number of rotatable bonds is 6. The molecule has 2 aromatic rings. The monoisotopic (exact) mass is 269 g/mol. The van der Waals surface area contributed by atoms with Crippen LogP contribution in [0.5, 0.6) is 17.2 Å². The molecule has 1 saturated heterocycles. The fourth-order valence-electron chi connectivity index (χ4n) is 2.12. The minimum Gasteiger partial charge on any atom is -0.494 e. The Morgan fingerprint density at radius 1 is 0.850 bits per heavy atom. The van der Waals surface area contributed by atoms with Crippen LogP contribution in [-0.2, 0) is 0 Å². The summed E-state index contributed by atoms with van der Waals surface area (Å²) in [5, 5.41) is 3.27. The van der Waals surface area contributed by atoms with Crippen LogP contribution >= 0.6 is 0 Å². The molecule has 0 unspecified atom stereocenters. The van der Waals surface area contributed by atoms with E-state index in [1.807, 2.05) is 54.6 Å². The van der Waals surface area contributed by atoms with Crippen LogP contribution in [0.1, 0.15) is 6.42 Å². The summed E-state index contributed by atoms with van der Waals surface area (Å²) < 4.78 is 11.5. The van der Waals surface area contributed by atoms with Crippen LogP contribution in [0.15, 0.2) is 54.6 Å². The van der Waals surface area contributed by atoms with Crippen LogP contribution in [0.25, 0.3) is 0 Å². The molecule has 3 rings (SSSR count). The molecule has 1 fully saturated rings. The Balaban J connectivity index is 1.49. The molecule has 0 aromatic heterocycles. The van der Waals surface area contributed by atoms with Gasteiger partial charge in [0.05, 0.1) is 6.61 Å². The van der Waals surface area contributed by atoms with Crippen molar-refractivity contribution in [2.45, 2.75) is 6.42 Å². The summed E-state index contributed by atoms with van der Waals surface area (Å²) >= 11 is 0. The van der Waals surface area contributed by atoms with Crippen molar-refractivity contribution in [3.05, 3.63) is 54.6 Å². The molecular formula is C17H19NO2. The van der Waals surface area contributed by atoms with Crippen molar-refractivity contribution in [3.63, 3.8) is 0 Å². The molecule has 0 saturated carbocycles. The number of para-hydroxylation sites is 1. The van der Waals surface area contributed by atoms with Crippen molar-refractivity contribution < 1.29 is 9.47 Å². The molecule has 0 amide bonds. The number of hydrogen-bond acceptors (Lipinski definition) is 3. The lowest BCUT2D eigenvalue weighted by Gasteiger charge is -2.26. The van der Waals surface area contributed by atoms with Crippen molar-refractivity contribution in [1.29, 1.82) is 0 Å². The zero-order valence-electron chi connectivity index (χ0n) is 11.4. The second-order valence-corrected chi connectivity index (χ2v) is 5.05. The zero-order chi connectivity index (χ0) is 13.6. The summed E-state index contributed by atoms with van der Waals surface area (Å²) in [6.45, 7) is 3.05. The Hall–Kier alpha value is -2.00. The van der Waals surface area contributed by atoms with Crippen molar-refractivity contribution in [1.82, 2.24) is 5.32 Å². The summed E-state index contributed by atoms with van der Waals surface area (Å²) in [4.78, 5) is 0. The highest BCUT2D eigenvalue weighted by Gasteiger charge is 2.15. The first-order chi connectivity index (χ1) is 9.90. The largest absolute Gasteiger partial charge is 0.494 e. The maximum absolute atomic E-state index is 5.74. The highest BCUT2D eigenvalue weighted by Crippen LogP contribution is 2.23. The van der Waals surface area contributed by atoms with Gasteiger partial charge in [-0.1, -0.05) is 18.2 Å². The Bertz CT molecular complexity index is 520. The van der Waals surface area contributed by atoms with Gasteiger partial charge in [-0.3, -0.25) is 0 Å². The summed E-state index contributed by atoms with van der Waals surface area (Å²) in [6.07, 6.45) is 1.12. The molecule has 20 heavy (non-hydrogen) atoms. The zero-order valence-corrected chi connectivity index (χ0v) is 11.4. The van der Waals surface area contributed by atoms with Gasteiger partial charge in [-0.2, -0.15) is 0 Å². The Labute approximate surface area is 119 Å². The van der Waals surface area contributed by atoms with Gasteiger partial charge in [0.1, 0.15) is 17.2 Å². The van der Waals surface area contributed by atoms with E-state index in [2.05, 4.69) is 5.32 Å². The van der Waals surface area contributed by atoms with Gasteiger partial charge in [-0.15, -0.1) is 0 Å². The Morgan fingerprint density at radius 2 is 1.50 bits per heavy atom. The molecule has 0 aliphatic carbocycles. The summed E-state index contributed by atoms with van der Waals surface area (Å²) in [5.74, 6) is 3.36. The molecule has 2 aromatic carbocycles. The molecule has 3 nitrogen and oxygen atoms in total. The third-order valence-electron chi connectivity index (χ3n) is 3.46. The Kier molecular flexibility index (Phi) is 4.19. The average Bonchev–Trinajstić information content (AvgIpc) is 2.44. The van der Waals surface area contributed by atoms with Crippen LogP contribution in [0.3, 0.4) is 0 Å². The van der Waals surface area contributed by atoms with Crippen LogP contribution < -0.4 is 14.8 Å². The molecule has 104 valence electrons. The lowest BCUT2D eigenvalue weighted by Crippen LogP contribution is -2.42. The predicted molar refractivity (Wildman–Crippen MR) is 79.4 cm³/mol. The van der Waals surface area contributed by atoms with E-state index in [9.17, 15) is 0 Å². The number of nitrogens with one attached hydrogen (secondary N) is 1. The highest BCUT2D eigenvalue weighted by atomic mass is 16.5. The first kappa shape index (κ1) is 13.0. The normalized spacial score (nSPS) is 14.6. The second kappa shape index (κ2) is 6.44. The van der Waals surface area contributed by atoms with E-state index in [4.69, 9.17) is 9.47 Å². The number of ether oxygens (including phenoxy) is 2. The molecule has 0 radical (unpaired) electrons. The van der Waals surface area contributed by atoms with Gasteiger partial charge < -0.3 is 14.8 Å². The molecule has 0 atom stereocenters. The topological polar surface area (TPSA) is 30.5 Å². The lowest BCUT2D eigenvalue weighted by atomic mass is 10.0. The van der Waals surface area contributed by atoms with E-state index >= 15 is 0 Å². The van der Waals surface area contributed by atoms with E-state index in [0.29, 0.717) is 0 Å². The van der Waals surface area contributed by atoms with Crippen molar-refractivity contribution in [2.24, 2.45) is 5.92 Å². The van der Waals surface area contributed by atoms with Crippen LogP contribution in [0.4, 0.5) is 0 Å². The molecular weight excluding hydrogens is 250 g/mol. The average molecular weight is 269 g/mol. The first-order valence-corrected chi connectivity index (χ1v) is 7.06. The lowest BCUT2D eigenvalue weighted by molar-refractivity contribution is 0.238. The molecule has 1 aliphatic rings. The van der Waals surface area contributed by atoms with E-state index in [0.717, 1.165) is 49.3 Å².